The molecule has 0 radical (unpaired) electrons. The van der Waals surface area contributed by atoms with Gasteiger partial charge in [0.2, 0.25) is 5.91 Å². The van der Waals surface area contributed by atoms with E-state index in [-0.39, 0.29) is 11.8 Å². The molecule has 0 aliphatic heterocycles. The molecule has 24 heavy (non-hydrogen) atoms. The molecule has 0 aliphatic carbocycles. The summed E-state index contributed by atoms with van der Waals surface area (Å²) in [6.07, 6.45) is 8.97. The molecule has 0 aliphatic rings. The van der Waals surface area contributed by atoms with Crippen molar-refractivity contribution in [2.45, 2.75) is 46.5 Å². The maximum atomic E-state index is 12.4. The second-order valence-electron chi connectivity index (χ2n) is 6.20. The van der Waals surface area contributed by atoms with E-state index in [1.165, 1.54) is 0 Å². The summed E-state index contributed by atoms with van der Waals surface area (Å²) in [5, 5.41) is 2.93. The number of carbonyl (C=O) groups excluding carboxylic acids is 1. The van der Waals surface area contributed by atoms with Gasteiger partial charge in [-0.1, -0.05) is 33.3 Å². The van der Waals surface area contributed by atoms with Gasteiger partial charge in [0.1, 0.15) is 5.69 Å². The summed E-state index contributed by atoms with van der Waals surface area (Å²) in [5.41, 5.74) is 1.34. The first kappa shape index (κ1) is 18.0. The molecule has 0 aromatic carbocycles. The number of hydrogen-bond acceptors (Lipinski definition) is 4. The van der Waals surface area contributed by atoms with E-state index in [2.05, 4.69) is 41.0 Å². The predicted octanol–water partition coefficient (Wildman–Crippen LogP) is 4.33. The van der Waals surface area contributed by atoms with Gasteiger partial charge >= 0.3 is 0 Å². The highest BCUT2D eigenvalue weighted by molar-refractivity contribution is 5.92. The molecule has 0 bridgehead atoms. The summed E-state index contributed by atoms with van der Waals surface area (Å²) in [6, 6.07) is 5.60. The third kappa shape index (κ3) is 5.11. The average Bonchev–Trinajstić information content (AvgIpc) is 2.63. The summed E-state index contributed by atoms with van der Waals surface area (Å²) in [5.74, 6) is 1.30. The van der Waals surface area contributed by atoms with E-state index in [0.29, 0.717) is 17.4 Å². The van der Waals surface area contributed by atoms with Gasteiger partial charge in [0.15, 0.2) is 5.82 Å². The number of nitrogens with one attached hydrogen (secondary N) is 1. The zero-order valence-corrected chi connectivity index (χ0v) is 14.7. The van der Waals surface area contributed by atoms with Crippen LogP contribution in [-0.2, 0) is 4.79 Å². The minimum atomic E-state index is 0.0365. The number of aromatic nitrogens is 3. The van der Waals surface area contributed by atoms with Crippen molar-refractivity contribution in [3.05, 3.63) is 36.8 Å². The summed E-state index contributed by atoms with van der Waals surface area (Å²) in [6.45, 7) is 6.47. The maximum absolute atomic E-state index is 12.4. The maximum Gasteiger partial charge on any atom is 0.227 e. The largest absolute Gasteiger partial charge is 0.323 e. The van der Waals surface area contributed by atoms with Crippen LogP contribution in [0.2, 0.25) is 0 Å². The van der Waals surface area contributed by atoms with E-state index in [4.69, 9.17) is 0 Å². The van der Waals surface area contributed by atoms with Gasteiger partial charge in [-0.3, -0.25) is 9.78 Å². The Hall–Kier alpha value is -2.30. The Morgan fingerprint density at radius 3 is 2.42 bits per heavy atom. The first-order valence-corrected chi connectivity index (χ1v) is 8.68. The average molecular weight is 326 g/mol. The molecule has 0 saturated carbocycles. The van der Waals surface area contributed by atoms with E-state index in [0.717, 1.165) is 31.4 Å². The first-order chi connectivity index (χ1) is 11.6. The summed E-state index contributed by atoms with van der Waals surface area (Å²) in [4.78, 5) is 25.2. The Morgan fingerprint density at radius 1 is 1.08 bits per heavy atom. The Labute approximate surface area is 144 Å². The molecule has 2 aromatic heterocycles. The second kappa shape index (κ2) is 9.11. The van der Waals surface area contributed by atoms with Gasteiger partial charge in [0.05, 0.1) is 18.1 Å². The van der Waals surface area contributed by atoms with Gasteiger partial charge in [-0.05, 0) is 37.3 Å². The van der Waals surface area contributed by atoms with E-state index < -0.39 is 0 Å². The van der Waals surface area contributed by atoms with Crippen molar-refractivity contribution < 1.29 is 4.79 Å². The van der Waals surface area contributed by atoms with Crippen LogP contribution >= 0.6 is 0 Å². The first-order valence-electron chi connectivity index (χ1n) is 8.68. The lowest BCUT2D eigenvalue weighted by molar-refractivity contribution is -0.120. The molecule has 2 atom stereocenters. The van der Waals surface area contributed by atoms with E-state index >= 15 is 0 Å². The van der Waals surface area contributed by atoms with Crippen molar-refractivity contribution in [3.8, 4) is 11.5 Å². The van der Waals surface area contributed by atoms with Crippen LogP contribution < -0.4 is 5.32 Å². The van der Waals surface area contributed by atoms with E-state index in [1.807, 2.05) is 18.2 Å². The number of amides is 1. The second-order valence-corrected chi connectivity index (χ2v) is 6.20. The van der Waals surface area contributed by atoms with Crippen LogP contribution in [0.4, 0.5) is 5.69 Å². The molecular weight excluding hydrogens is 300 g/mol. The molecule has 2 rings (SSSR count). The SMILES string of the molecule is CCC(C)CCC(CC)C(=O)Nc1cnc(-c2ccccn2)nc1. The van der Waals surface area contributed by atoms with Crippen molar-refractivity contribution in [1.29, 1.82) is 0 Å². The molecule has 1 N–H and O–H groups in total. The van der Waals surface area contributed by atoms with E-state index in [1.54, 1.807) is 18.6 Å². The van der Waals surface area contributed by atoms with Crippen molar-refractivity contribution in [2.24, 2.45) is 11.8 Å². The number of nitrogens with zero attached hydrogens (tertiary/aromatic N) is 3. The number of hydrogen-bond donors (Lipinski definition) is 1. The van der Waals surface area contributed by atoms with Crippen LogP contribution in [0, 0.1) is 11.8 Å². The van der Waals surface area contributed by atoms with Gasteiger partial charge in [-0.2, -0.15) is 0 Å². The lowest BCUT2D eigenvalue weighted by atomic mass is 9.93. The molecule has 5 heteroatoms. The Bertz CT molecular complexity index is 628. The number of anilines is 1. The quantitative estimate of drug-likeness (QED) is 0.784. The number of pyridine rings is 1. The molecular formula is C19H26N4O. The highest BCUT2D eigenvalue weighted by Crippen LogP contribution is 2.20. The third-order valence-corrected chi connectivity index (χ3v) is 4.38. The van der Waals surface area contributed by atoms with Crippen LogP contribution in [0.15, 0.2) is 36.8 Å². The fourth-order valence-corrected chi connectivity index (χ4v) is 2.47. The summed E-state index contributed by atoms with van der Waals surface area (Å²) < 4.78 is 0. The van der Waals surface area contributed by atoms with Crippen LogP contribution in [-0.4, -0.2) is 20.9 Å². The molecule has 2 unspecified atom stereocenters. The highest BCUT2D eigenvalue weighted by atomic mass is 16.1. The third-order valence-electron chi connectivity index (χ3n) is 4.38. The Morgan fingerprint density at radius 2 is 1.83 bits per heavy atom. The zero-order chi connectivity index (χ0) is 17.4. The zero-order valence-electron chi connectivity index (χ0n) is 14.7. The van der Waals surface area contributed by atoms with Gasteiger partial charge in [0, 0.05) is 12.1 Å². The molecule has 1 amide bonds. The molecule has 128 valence electrons. The molecule has 5 nitrogen and oxygen atoms in total. The predicted molar refractivity (Wildman–Crippen MR) is 96.4 cm³/mol. The van der Waals surface area contributed by atoms with Gasteiger partial charge in [-0.15, -0.1) is 0 Å². The lowest BCUT2D eigenvalue weighted by Crippen LogP contribution is -2.23. The number of rotatable bonds is 8. The van der Waals surface area contributed by atoms with E-state index in [9.17, 15) is 4.79 Å². The van der Waals surface area contributed by atoms with Gasteiger partial charge in [-0.25, -0.2) is 9.97 Å². The number of carbonyl (C=O) groups is 1. The van der Waals surface area contributed by atoms with Crippen LogP contribution in [0.1, 0.15) is 46.5 Å². The minimum absolute atomic E-state index is 0.0365. The monoisotopic (exact) mass is 326 g/mol. The fourth-order valence-electron chi connectivity index (χ4n) is 2.47. The molecule has 0 spiro atoms. The summed E-state index contributed by atoms with van der Waals surface area (Å²) in [7, 11) is 0. The molecule has 2 aromatic rings. The topological polar surface area (TPSA) is 67.8 Å². The molecule has 0 fully saturated rings. The fraction of sp³-hybridized carbons (Fsp3) is 0.474. The minimum Gasteiger partial charge on any atom is -0.323 e. The van der Waals surface area contributed by atoms with Gasteiger partial charge in [0.25, 0.3) is 0 Å². The van der Waals surface area contributed by atoms with Crippen LogP contribution in [0.25, 0.3) is 11.5 Å². The lowest BCUT2D eigenvalue weighted by Gasteiger charge is -2.16. The molecule has 2 heterocycles. The Balaban J connectivity index is 1.95. The van der Waals surface area contributed by atoms with Crippen LogP contribution in [0.5, 0.6) is 0 Å². The van der Waals surface area contributed by atoms with Crippen molar-refractivity contribution in [2.75, 3.05) is 5.32 Å². The summed E-state index contributed by atoms with van der Waals surface area (Å²) >= 11 is 0. The Kier molecular flexibility index (Phi) is 6.85. The standard InChI is InChI=1S/C19H26N4O/c1-4-14(3)9-10-15(5-2)19(24)23-16-12-21-18(22-13-16)17-8-6-7-11-20-17/h6-8,11-15H,4-5,9-10H2,1-3H3,(H,23,24). The smallest absolute Gasteiger partial charge is 0.227 e. The van der Waals surface area contributed by atoms with Gasteiger partial charge < -0.3 is 5.32 Å². The van der Waals surface area contributed by atoms with Crippen molar-refractivity contribution in [3.63, 3.8) is 0 Å². The van der Waals surface area contributed by atoms with Crippen molar-refractivity contribution >= 4 is 11.6 Å². The highest BCUT2D eigenvalue weighted by Gasteiger charge is 2.17. The van der Waals surface area contributed by atoms with Crippen LogP contribution in [0.3, 0.4) is 0 Å². The normalized spacial score (nSPS) is 13.3. The molecule has 0 saturated heterocycles. The van der Waals surface area contributed by atoms with Crippen molar-refractivity contribution in [1.82, 2.24) is 15.0 Å².